The summed E-state index contributed by atoms with van der Waals surface area (Å²) in [7, 11) is 0. The van der Waals surface area contributed by atoms with E-state index in [1.54, 1.807) is 0 Å². The van der Waals surface area contributed by atoms with Crippen molar-refractivity contribution in [1.82, 2.24) is 0 Å². The van der Waals surface area contributed by atoms with Gasteiger partial charge in [-0.15, -0.1) is 11.6 Å². The van der Waals surface area contributed by atoms with Gasteiger partial charge in [0.15, 0.2) is 23.3 Å². The first-order valence-electron chi connectivity index (χ1n) is 5.15. The molecule has 98 valence electrons. The van der Waals surface area contributed by atoms with Gasteiger partial charge in [-0.05, 0) is 5.92 Å². The molecule has 1 unspecified atom stereocenters. The Morgan fingerprint density at radius 1 is 1.22 bits per heavy atom. The van der Waals surface area contributed by atoms with E-state index in [1.807, 2.05) is 0 Å². The summed E-state index contributed by atoms with van der Waals surface area (Å²) >= 11 is 5.57. The molecule has 1 atom stereocenters. The fourth-order valence-electron chi connectivity index (χ4n) is 1.87. The van der Waals surface area contributed by atoms with Crippen molar-refractivity contribution in [3.05, 3.63) is 29.3 Å². The molecular formula is C11H8ClF4NO. The number of carbonyl (C=O) groups excluding carboxylic acids is 1. The zero-order chi connectivity index (χ0) is 13.4. The normalized spacial score (nSPS) is 19.7. The third-order valence-electron chi connectivity index (χ3n) is 2.80. The van der Waals surface area contributed by atoms with Crippen LogP contribution in [0.2, 0.25) is 0 Å². The minimum Gasteiger partial charge on any atom is -0.309 e. The zero-order valence-electron chi connectivity index (χ0n) is 9.02. The number of anilines is 1. The number of alkyl halides is 1. The van der Waals surface area contributed by atoms with E-state index in [4.69, 9.17) is 11.6 Å². The van der Waals surface area contributed by atoms with Crippen LogP contribution < -0.4 is 4.90 Å². The summed E-state index contributed by atoms with van der Waals surface area (Å²) in [4.78, 5) is 12.4. The molecule has 0 bridgehead atoms. The lowest BCUT2D eigenvalue weighted by molar-refractivity contribution is -0.117. The Morgan fingerprint density at radius 2 is 1.89 bits per heavy atom. The van der Waals surface area contributed by atoms with Crippen molar-refractivity contribution >= 4 is 23.2 Å². The van der Waals surface area contributed by atoms with Gasteiger partial charge in [0, 0.05) is 24.9 Å². The minimum absolute atomic E-state index is 0.0593. The van der Waals surface area contributed by atoms with Crippen molar-refractivity contribution < 1.29 is 22.4 Å². The standard InChI is InChI=1S/C11H8ClF4NO/c12-3-5-1-8(18)17(4-5)7-2-6(13)9(14)11(16)10(7)15/h2,5H,1,3-4H2. The number of nitrogens with zero attached hydrogens (tertiary/aromatic N) is 1. The molecule has 0 spiro atoms. The van der Waals surface area contributed by atoms with Crippen molar-refractivity contribution in [2.45, 2.75) is 6.42 Å². The Kier molecular flexibility index (Phi) is 3.47. The molecule has 0 aliphatic carbocycles. The predicted molar refractivity (Wildman–Crippen MR) is 57.5 cm³/mol. The van der Waals surface area contributed by atoms with E-state index < -0.39 is 34.9 Å². The second kappa shape index (κ2) is 4.76. The lowest BCUT2D eigenvalue weighted by Gasteiger charge is -2.17. The average molecular weight is 282 g/mol. The van der Waals surface area contributed by atoms with Gasteiger partial charge in [0.05, 0.1) is 5.69 Å². The molecular weight excluding hydrogens is 274 g/mol. The van der Waals surface area contributed by atoms with Crippen LogP contribution in [0.15, 0.2) is 6.07 Å². The summed E-state index contributed by atoms with van der Waals surface area (Å²) in [6.07, 6.45) is 0.0730. The van der Waals surface area contributed by atoms with Crippen molar-refractivity contribution in [3.8, 4) is 0 Å². The van der Waals surface area contributed by atoms with Crippen molar-refractivity contribution in [3.63, 3.8) is 0 Å². The van der Waals surface area contributed by atoms with E-state index in [9.17, 15) is 22.4 Å². The van der Waals surface area contributed by atoms with Gasteiger partial charge in [0.2, 0.25) is 5.91 Å². The molecule has 0 N–H and O–H groups in total. The molecule has 18 heavy (non-hydrogen) atoms. The number of rotatable bonds is 2. The Balaban J connectivity index is 2.43. The Hall–Kier alpha value is -1.30. The first-order chi connectivity index (χ1) is 8.45. The van der Waals surface area contributed by atoms with Crippen LogP contribution in [0.3, 0.4) is 0 Å². The molecule has 1 amide bonds. The van der Waals surface area contributed by atoms with Crippen LogP contribution in [0, 0.1) is 29.2 Å². The summed E-state index contributed by atoms with van der Waals surface area (Å²) in [6, 6.07) is 0.474. The van der Waals surface area contributed by atoms with Crippen LogP contribution in [0.1, 0.15) is 6.42 Å². The van der Waals surface area contributed by atoms with Crippen molar-refractivity contribution in [1.29, 1.82) is 0 Å². The van der Waals surface area contributed by atoms with Gasteiger partial charge in [-0.2, -0.15) is 0 Å². The van der Waals surface area contributed by atoms with Crippen LogP contribution >= 0.6 is 11.6 Å². The number of hydrogen-bond donors (Lipinski definition) is 0. The highest BCUT2D eigenvalue weighted by Gasteiger charge is 2.33. The van der Waals surface area contributed by atoms with E-state index in [0.717, 1.165) is 4.90 Å². The molecule has 1 saturated heterocycles. The lowest BCUT2D eigenvalue weighted by Crippen LogP contribution is -2.26. The maximum Gasteiger partial charge on any atom is 0.227 e. The number of amides is 1. The van der Waals surface area contributed by atoms with Gasteiger partial charge in [-0.1, -0.05) is 0 Å². The SMILES string of the molecule is O=C1CC(CCl)CN1c1cc(F)c(F)c(F)c1F. The smallest absolute Gasteiger partial charge is 0.227 e. The van der Waals surface area contributed by atoms with Crippen LogP contribution in [0.25, 0.3) is 0 Å². The molecule has 1 aliphatic rings. The molecule has 0 saturated carbocycles. The largest absolute Gasteiger partial charge is 0.309 e. The van der Waals surface area contributed by atoms with Crippen LogP contribution in [0.5, 0.6) is 0 Å². The van der Waals surface area contributed by atoms with Gasteiger partial charge >= 0.3 is 0 Å². The first-order valence-corrected chi connectivity index (χ1v) is 5.68. The Labute approximate surface area is 105 Å². The van der Waals surface area contributed by atoms with Gasteiger partial charge in [-0.3, -0.25) is 4.79 Å². The lowest BCUT2D eigenvalue weighted by atomic mass is 10.1. The summed E-state index contributed by atoms with van der Waals surface area (Å²) < 4.78 is 52.4. The van der Waals surface area contributed by atoms with Crippen LogP contribution in [0.4, 0.5) is 23.2 Å². The van der Waals surface area contributed by atoms with E-state index in [-0.39, 0.29) is 24.8 Å². The quantitative estimate of drug-likeness (QED) is 0.353. The number of halogens is 5. The summed E-state index contributed by atoms with van der Waals surface area (Å²) in [5, 5.41) is 0. The van der Waals surface area contributed by atoms with Crippen molar-refractivity contribution in [2.24, 2.45) is 5.92 Å². The monoisotopic (exact) mass is 281 g/mol. The molecule has 1 aliphatic heterocycles. The molecule has 7 heteroatoms. The van der Waals surface area contributed by atoms with Gasteiger partial charge in [0.25, 0.3) is 0 Å². The minimum atomic E-state index is -1.92. The predicted octanol–water partition coefficient (Wildman–Crippen LogP) is 2.83. The van der Waals surface area contributed by atoms with Crippen LogP contribution in [-0.2, 0) is 4.79 Å². The average Bonchev–Trinajstić information content (AvgIpc) is 2.72. The van der Waals surface area contributed by atoms with E-state index in [2.05, 4.69) is 0 Å². The topological polar surface area (TPSA) is 20.3 Å². The number of carbonyl (C=O) groups is 1. The molecule has 1 aromatic carbocycles. The third kappa shape index (κ3) is 2.05. The fourth-order valence-corrected chi connectivity index (χ4v) is 2.08. The maximum absolute atomic E-state index is 13.5. The van der Waals surface area contributed by atoms with E-state index >= 15 is 0 Å². The highest BCUT2D eigenvalue weighted by molar-refractivity contribution is 6.18. The third-order valence-corrected chi connectivity index (χ3v) is 3.23. The Bertz CT molecular complexity index is 508. The second-order valence-electron chi connectivity index (χ2n) is 4.05. The molecule has 1 heterocycles. The summed E-state index contributed by atoms with van der Waals surface area (Å²) in [5.74, 6) is -7.46. The van der Waals surface area contributed by atoms with Crippen LogP contribution in [-0.4, -0.2) is 18.3 Å². The highest BCUT2D eigenvalue weighted by Crippen LogP contribution is 2.31. The molecule has 0 aromatic heterocycles. The molecule has 1 fully saturated rings. The number of hydrogen-bond acceptors (Lipinski definition) is 1. The second-order valence-corrected chi connectivity index (χ2v) is 4.36. The zero-order valence-corrected chi connectivity index (χ0v) is 9.78. The highest BCUT2D eigenvalue weighted by atomic mass is 35.5. The fraction of sp³-hybridized carbons (Fsp3) is 0.364. The van der Waals surface area contributed by atoms with Gasteiger partial charge in [-0.25, -0.2) is 17.6 Å². The van der Waals surface area contributed by atoms with E-state index in [1.165, 1.54) is 0 Å². The first kappa shape index (κ1) is 13.1. The molecule has 2 rings (SSSR count). The maximum atomic E-state index is 13.5. The van der Waals surface area contributed by atoms with Gasteiger partial charge < -0.3 is 4.90 Å². The Morgan fingerprint density at radius 3 is 2.44 bits per heavy atom. The molecule has 2 nitrogen and oxygen atoms in total. The molecule has 0 radical (unpaired) electrons. The molecule has 1 aromatic rings. The summed E-state index contributed by atoms with van der Waals surface area (Å²) in [5.41, 5.74) is -0.594. The van der Waals surface area contributed by atoms with Crippen molar-refractivity contribution in [2.75, 3.05) is 17.3 Å². The summed E-state index contributed by atoms with van der Waals surface area (Å²) in [6.45, 7) is 0.0593. The van der Waals surface area contributed by atoms with Gasteiger partial charge in [0.1, 0.15) is 0 Å². The van der Waals surface area contributed by atoms with E-state index in [0.29, 0.717) is 6.07 Å². The number of benzene rings is 1.